The third-order valence-electron chi connectivity index (χ3n) is 5.47. The fourth-order valence-electron chi connectivity index (χ4n) is 3.91. The lowest BCUT2D eigenvalue weighted by Crippen LogP contribution is -2.43. The van der Waals surface area contributed by atoms with Gasteiger partial charge in [-0.2, -0.15) is 5.10 Å². The summed E-state index contributed by atoms with van der Waals surface area (Å²) < 4.78 is 9.24. The highest BCUT2D eigenvalue weighted by Crippen LogP contribution is 2.24. The van der Waals surface area contributed by atoms with Gasteiger partial charge in [0.2, 0.25) is 0 Å². The lowest BCUT2D eigenvalue weighted by Gasteiger charge is -2.29. The molecule has 3 aromatic rings. The molecule has 0 radical (unpaired) electrons. The molecule has 0 bridgehead atoms. The van der Waals surface area contributed by atoms with Gasteiger partial charge in [0.25, 0.3) is 5.56 Å². The summed E-state index contributed by atoms with van der Waals surface area (Å²) in [4.78, 5) is 19.7. The Morgan fingerprint density at radius 1 is 1.14 bits per heavy atom. The van der Waals surface area contributed by atoms with Gasteiger partial charge in [0.15, 0.2) is 0 Å². The van der Waals surface area contributed by atoms with E-state index in [1.807, 2.05) is 29.2 Å². The van der Waals surface area contributed by atoms with Crippen molar-refractivity contribution in [3.8, 4) is 11.3 Å². The third-order valence-corrected chi connectivity index (χ3v) is 5.47. The van der Waals surface area contributed by atoms with E-state index in [1.165, 1.54) is 0 Å². The van der Waals surface area contributed by atoms with Gasteiger partial charge >= 0.3 is 0 Å². The molecule has 2 saturated heterocycles. The highest BCUT2D eigenvalue weighted by Gasteiger charge is 2.18. The SMILES string of the molecule is O=c1cc(-c2cnn(C3CCCCO3)c2)nc2ccc(N3CCNCC3)cn12. The minimum absolute atomic E-state index is 0.0226. The van der Waals surface area contributed by atoms with Crippen molar-refractivity contribution in [2.24, 2.45) is 0 Å². The number of ether oxygens (including phenoxy) is 1. The van der Waals surface area contributed by atoms with Crippen molar-refractivity contribution in [2.45, 2.75) is 25.5 Å². The maximum Gasteiger partial charge on any atom is 0.258 e. The molecule has 146 valence electrons. The number of anilines is 1. The molecule has 1 N–H and O–H groups in total. The van der Waals surface area contributed by atoms with Gasteiger partial charge in [-0.15, -0.1) is 0 Å². The molecule has 0 aromatic carbocycles. The second-order valence-electron chi connectivity index (χ2n) is 7.36. The maximum absolute atomic E-state index is 12.8. The van der Waals surface area contributed by atoms with Gasteiger partial charge in [-0.05, 0) is 31.4 Å². The molecule has 28 heavy (non-hydrogen) atoms. The van der Waals surface area contributed by atoms with Crippen LogP contribution in [0.25, 0.3) is 16.9 Å². The van der Waals surface area contributed by atoms with Crippen LogP contribution in [0.5, 0.6) is 0 Å². The zero-order valence-corrected chi connectivity index (χ0v) is 15.8. The van der Waals surface area contributed by atoms with E-state index in [2.05, 4.69) is 20.3 Å². The third kappa shape index (κ3) is 3.29. The molecule has 5 rings (SSSR count). The first-order valence-electron chi connectivity index (χ1n) is 9.93. The molecule has 0 aliphatic carbocycles. The van der Waals surface area contributed by atoms with Crippen LogP contribution in [0.15, 0.2) is 41.6 Å². The second kappa shape index (κ2) is 7.37. The molecule has 2 aliphatic rings. The number of pyridine rings is 1. The van der Waals surface area contributed by atoms with Crippen LogP contribution >= 0.6 is 0 Å². The highest BCUT2D eigenvalue weighted by atomic mass is 16.5. The molecule has 8 heteroatoms. The van der Waals surface area contributed by atoms with E-state index in [4.69, 9.17) is 4.74 Å². The van der Waals surface area contributed by atoms with Crippen molar-refractivity contribution in [1.29, 1.82) is 0 Å². The lowest BCUT2D eigenvalue weighted by atomic mass is 10.2. The molecule has 2 fully saturated rings. The Kier molecular flexibility index (Phi) is 4.58. The summed E-state index contributed by atoms with van der Waals surface area (Å²) in [6.07, 6.45) is 8.75. The van der Waals surface area contributed by atoms with Crippen LogP contribution in [0, 0.1) is 0 Å². The Labute approximate surface area is 162 Å². The molecule has 5 heterocycles. The van der Waals surface area contributed by atoms with Crippen molar-refractivity contribution < 1.29 is 4.74 Å². The molecule has 0 spiro atoms. The largest absolute Gasteiger partial charge is 0.368 e. The van der Waals surface area contributed by atoms with E-state index in [0.29, 0.717) is 11.3 Å². The van der Waals surface area contributed by atoms with Crippen molar-refractivity contribution in [3.63, 3.8) is 0 Å². The quantitative estimate of drug-likeness (QED) is 0.745. The second-order valence-corrected chi connectivity index (χ2v) is 7.36. The van der Waals surface area contributed by atoms with Gasteiger partial charge in [-0.3, -0.25) is 9.20 Å². The summed E-state index contributed by atoms with van der Waals surface area (Å²) in [6.45, 7) is 4.56. The number of hydrogen-bond donors (Lipinski definition) is 1. The van der Waals surface area contributed by atoms with Crippen LogP contribution in [0.1, 0.15) is 25.5 Å². The molecular formula is C20H24N6O2. The van der Waals surface area contributed by atoms with Crippen molar-refractivity contribution >= 4 is 11.3 Å². The number of rotatable bonds is 3. The fourth-order valence-corrected chi connectivity index (χ4v) is 3.91. The summed E-state index contributed by atoms with van der Waals surface area (Å²) in [7, 11) is 0. The first-order valence-corrected chi connectivity index (χ1v) is 9.93. The number of hydrogen-bond acceptors (Lipinski definition) is 6. The normalized spacial score (nSPS) is 20.6. The zero-order chi connectivity index (χ0) is 18.9. The summed E-state index contributed by atoms with van der Waals surface area (Å²) in [5, 5.41) is 7.78. The zero-order valence-electron chi connectivity index (χ0n) is 15.8. The smallest absolute Gasteiger partial charge is 0.258 e. The van der Waals surface area contributed by atoms with Gasteiger partial charge in [-0.1, -0.05) is 0 Å². The van der Waals surface area contributed by atoms with E-state index >= 15 is 0 Å². The molecule has 0 amide bonds. The van der Waals surface area contributed by atoms with E-state index in [0.717, 1.165) is 63.3 Å². The van der Waals surface area contributed by atoms with Gasteiger partial charge in [0.05, 0.1) is 17.6 Å². The van der Waals surface area contributed by atoms with E-state index in [9.17, 15) is 4.79 Å². The van der Waals surface area contributed by atoms with Gasteiger partial charge in [0.1, 0.15) is 11.9 Å². The van der Waals surface area contributed by atoms with Crippen LogP contribution in [-0.4, -0.2) is 52.0 Å². The van der Waals surface area contributed by atoms with Crippen LogP contribution in [-0.2, 0) is 4.74 Å². The number of aromatic nitrogens is 4. The van der Waals surface area contributed by atoms with Gasteiger partial charge in [-0.25, -0.2) is 9.67 Å². The molecular weight excluding hydrogens is 356 g/mol. The summed E-state index contributed by atoms with van der Waals surface area (Å²) >= 11 is 0. The minimum Gasteiger partial charge on any atom is -0.368 e. The monoisotopic (exact) mass is 380 g/mol. The van der Waals surface area contributed by atoms with Gasteiger partial charge < -0.3 is 15.0 Å². The molecule has 3 aromatic heterocycles. The van der Waals surface area contributed by atoms with Crippen molar-refractivity contribution in [1.82, 2.24) is 24.5 Å². The van der Waals surface area contributed by atoms with E-state index < -0.39 is 0 Å². The Balaban J connectivity index is 1.46. The van der Waals surface area contributed by atoms with Crippen LogP contribution in [0.3, 0.4) is 0 Å². The Morgan fingerprint density at radius 3 is 2.86 bits per heavy atom. The number of nitrogens with zero attached hydrogens (tertiary/aromatic N) is 5. The fraction of sp³-hybridized carbons (Fsp3) is 0.450. The number of piperazine rings is 1. The highest BCUT2D eigenvalue weighted by molar-refractivity contribution is 5.61. The van der Waals surface area contributed by atoms with Crippen molar-refractivity contribution in [2.75, 3.05) is 37.7 Å². The summed E-state index contributed by atoms with van der Waals surface area (Å²) in [6, 6.07) is 5.53. The predicted octanol–water partition coefficient (Wildman–Crippen LogP) is 1.67. The Morgan fingerprint density at radius 2 is 2.04 bits per heavy atom. The van der Waals surface area contributed by atoms with Crippen LogP contribution < -0.4 is 15.8 Å². The summed E-state index contributed by atoms with van der Waals surface area (Å²) in [5.41, 5.74) is 3.08. The van der Waals surface area contributed by atoms with E-state index in [-0.39, 0.29) is 11.8 Å². The lowest BCUT2D eigenvalue weighted by molar-refractivity contribution is -0.0394. The van der Waals surface area contributed by atoms with Crippen LogP contribution in [0.4, 0.5) is 5.69 Å². The number of nitrogens with one attached hydrogen (secondary N) is 1. The van der Waals surface area contributed by atoms with Gasteiger partial charge in [0, 0.05) is 56.8 Å². The van der Waals surface area contributed by atoms with E-state index in [1.54, 1.807) is 16.7 Å². The molecule has 1 atom stereocenters. The summed E-state index contributed by atoms with van der Waals surface area (Å²) in [5.74, 6) is 0. The van der Waals surface area contributed by atoms with Crippen LogP contribution in [0.2, 0.25) is 0 Å². The molecule has 1 unspecified atom stereocenters. The average Bonchev–Trinajstić information content (AvgIpc) is 3.25. The molecule has 8 nitrogen and oxygen atoms in total. The number of fused-ring (bicyclic) bond motifs is 1. The maximum atomic E-state index is 12.8. The first-order chi connectivity index (χ1) is 13.8. The first kappa shape index (κ1) is 17.4. The molecule has 2 aliphatic heterocycles. The minimum atomic E-state index is -0.0846. The predicted molar refractivity (Wildman–Crippen MR) is 107 cm³/mol. The molecule has 0 saturated carbocycles. The topological polar surface area (TPSA) is 76.7 Å². The van der Waals surface area contributed by atoms with Crippen molar-refractivity contribution in [3.05, 3.63) is 47.1 Å². The average molecular weight is 380 g/mol. The standard InChI is InChI=1S/C20H24N6O2/c27-19-11-17(15-12-22-26(13-15)20-3-1-2-10-28-20)23-18-5-4-16(14-25(18)19)24-8-6-21-7-9-24/h4-5,11-14,20-21H,1-3,6-10H2. The Bertz CT molecular complexity index is 1030. The Hall–Kier alpha value is -2.71.